The van der Waals surface area contributed by atoms with Crippen LogP contribution in [0.15, 0.2) is 41.1 Å². The van der Waals surface area contributed by atoms with E-state index >= 15 is 0 Å². The standard InChI is InChI=1S/C12H14BrN3O/c13-12-4-2-1-3-10(12)9-17-6-5-16-8-11(14)7-15-16/h1-4,7-8H,5-6,9,14H2. The third-order valence-electron chi connectivity index (χ3n) is 2.33. The largest absolute Gasteiger partial charge is 0.396 e. The average molecular weight is 296 g/mol. The molecule has 5 heteroatoms. The lowest BCUT2D eigenvalue weighted by Gasteiger charge is -2.06. The highest BCUT2D eigenvalue weighted by Gasteiger charge is 1.99. The number of nitrogen functional groups attached to an aromatic ring is 1. The van der Waals surface area contributed by atoms with Crippen molar-refractivity contribution in [2.75, 3.05) is 12.3 Å². The number of anilines is 1. The van der Waals surface area contributed by atoms with Gasteiger partial charge in [-0.05, 0) is 11.6 Å². The van der Waals surface area contributed by atoms with Crippen LogP contribution in [0, 0.1) is 0 Å². The van der Waals surface area contributed by atoms with Gasteiger partial charge in [0.05, 0.1) is 31.6 Å². The summed E-state index contributed by atoms with van der Waals surface area (Å²) in [5, 5.41) is 4.08. The lowest BCUT2D eigenvalue weighted by Crippen LogP contribution is -2.06. The Morgan fingerprint density at radius 2 is 2.18 bits per heavy atom. The molecule has 0 amide bonds. The van der Waals surface area contributed by atoms with Crippen molar-refractivity contribution < 1.29 is 4.74 Å². The van der Waals surface area contributed by atoms with E-state index in [0.29, 0.717) is 25.4 Å². The quantitative estimate of drug-likeness (QED) is 0.862. The maximum absolute atomic E-state index is 5.58. The first-order chi connectivity index (χ1) is 8.25. The maximum Gasteiger partial charge on any atom is 0.0728 e. The lowest BCUT2D eigenvalue weighted by molar-refractivity contribution is 0.110. The molecule has 0 spiro atoms. The molecule has 0 atom stereocenters. The van der Waals surface area contributed by atoms with Crippen LogP contribution in [0.25, 0.3) is 0 Å². The van der Waals surface area contributed by atoms with Gasteiger partial charge in [-0.1, -0.05) is 34.1 Å². The molecule has 0 saturated heterocycles. The second-order valence-electron chi connectivity index (χ2n) is 3.68. The van der Waals surface area contributed by atoms with Gasteiger partial charge in [-0.25, -0.2) is 0 Å². The maximum atomic E-state index is 5.58. The summed E-state index contributed by atoms with van der Waals surface area (Å²) < 4.78 is 8.43. The van der Waals surface area contributed by atoms with E-state index in [4.69, 9.17) is 10.5 Å². The van der Waals surface area contributed by atoms with Gasteiger partial charge in [0.15, 0.2) is 0 Å². The molecular weight excluding hydrogens is 282 g/mol. The lowest BCUT2D eigenvalue weighted by atomic mass is 10.2. The number of halogens is 1. The summed E-state index contributed by atoms with van der Waals surface area (Å²) in [5.41, 5.74) is 7.39. The number of nitrogens with zero attached hydrogens (tertiary/aromatic N) is 2. The van der Waals surface area contributed by atoms with E-state index in [1.165, 1.54) is 0 Å². The Labute approximate surface area is 109 Å². The zero-order valence-corrected chi connectivity index (χ0v) is 10.9. The predicted octanol–water partition coefficient (Wildman–Crippen LogP) is 2.44. The Kier molecular flexibility index (Phi) is 4.17. The van der Waals surface area contributed by atoms with Crippen molar-refractivity contribution in [1.82, 2.24) is 9.78 Å². The fourth-order valence-corrected chi connectivity index (χ4v) is 1.86. The van der Waals surface area contributed by atoms with Crippen LogP contribution in [0.1, 0.15) is 5.56 Å². The van der Waals surface area contributed by atoms with Crippen LogP contribution in [0.5, 0.6) is 0 Å². The SMILES string of the molecule is Nc1cnn(CCOCc2ccccc2Br)c1. The summed E-state index contributed by atoms with van der Waals surface area (Å²) in [6.45, 7) is 1.92. The second-order valence-corrected chi connectivity index (χ2v) is 4.54. The molecule has 2 rings (SSSR count). The number of hydrogen-bond acceptors (Lipinski definition) is 3. The number of hydrogen-bond donors (Lipinski definition) is 1. The number of benzene rings is 1. The molecule has 1 aromatic heterocycles. The zero-order chi connectivity index (χ0) is 12.1. The van der Waals surface area contributed by atoms with Gasteiger partial charge in [-0.15, -0.1) is 0 Å². The summed E-state index contributed by atoms with van der Waals surface area (Å²) in [7, 11) is 0. The summed E-state index contributed by atoms with van der Waals surface area (Å²) >= 11 is 3.48. The van der Waals surface area contributed by atoms with Crippen LogP contribution >= 0.6 is 15.9 Å². The van der Waals surface area contributed by atoms with Crippen molar-refractivity contribution in [2.24, 2.45) is 0 Å². The van der Waals surface area contributed by atoms with E-state index in [1.807, 2.05) is 24.3 Å². The van der Waals surface area contributed by atoms with Crippen LogP contribution < -0.4 is 5.73 Å². The molecule has 2 N–H and O–H groups in total. The number of rotatable bonds is 5. The van der Waals surface area contributed by atoms with Crippen molar-refractivity contribution >= 4 is 21.6 Å². The molecule has 0 aliphatic heterocycles. The topological polar surface area (TPSA) is 53.1 Å². The highest BCUT2D eigenvalue weighted by molar-refractivity contribution is 9.10. The fourth-order valence-electron chi connectivity index (χ4n) is 1.46. The van der Waals surface area contributed by atoms with Gasteiger partial charge in [0, 0.05) is 10.7 Å². The minimum Gasteiger partial charge on any atom is -0.396 e. The zero-order valence-electron chi connectivity index (χ0n) is 9.34. The summed E-state index contributed by atoms with van der Waals surface area (Å²) in [6.07, 6.45) is 3.43. The highest BCUT2D eigenvalue weighted by Crippen LogP contribution is 2.16. The minimum atomic E-state index is 0.595. The summed E-state index contributed by atoms with van der Waals surface area (Å²) in [4.78, 5) is 0. The van der Waals surface area contributed by atoms with Crippen molar-refractivity contribution in [3.05, 3.63) is 46.7 Å². The molecule has 0 aliphatic carbocycles. The van der Waals surface area contributed by atoms with E-state index in [-0.39, 0.29) is 0 Å². The third-order valence-corrected chi connectivity index (χ3v) is 3.11. The van der Waals surface area contributed by atoms with E-state index in [9.17, 15) is 0 Å². The Morgan fingerprint density at radius 1 is 1.35 bits per heavy atom. The van der Waals surface area contributed by atoms with Gasteiger partial charge < -0.3 is 10.5 Å². The normalized spacial score (nSPS) is 10.6. The van der Waals surface area contributed by atoms with Crippen LogP contribution in [-0.4, -0.2) is 16.4 Å². The number of aromatic nitrogens is 2. The molecule has 4 nitrogen and oxygen atoms in total. The molecule has 1 heterocycles. The van der Waals surface area contributed by atoms with Crippen molar-refractivity contribution in [3.63, 3.8) is 0 Å². The van der Waals surface area contributed by atoms with Crippen LogP contribution in [-0.2, 0) is 17.9 Å². The molecule has 0 fully saturated rings. The Balaban J connectivity index is 1.75. The third kappa shape index (κ3) is 3.57. The number of ether oxygens (including phenoxy) is 1. The van der Waals surface area contributed by atoms with Crippen LogP contribution in [0.2, 0.25) is 0 Å². The molecule has 17 heavy (non-hydrogen) atoms. The van der Waals surface area contributed by atoms with Gasteiger partial charge in [0.25, 0.3) is 0 Å². The molecule has 0 bridgehead atoms. The molecule has 0 saturated carbocycles. The van der Waals surface area contributed by atoms with Crippen molar-refractivity contribution in [1.29, 1.82) is 0 Å². The average Bonchev–Trinajstić information content (AvgIpc) is 2.73. The van der Waals surface area contributed by atoms with E-state index in [1.54, 1.807) is 17.1 Å². The molecule has 90 valence electrons. The molecule has 0 aliphatic rings. The minimum absolute atomic E-state index is 0.595. The van der Waals surface area contributed by atoms with E-state index < -0.39 is 0 Å². The van der Waals surface area contributed by atoms with Gasteiger partial charge >= 0.3 is 0 Å². The van der Waals surface area contributed by atoms with E-state index in [2.05, 4.69) is 21.0 Å². The number of nitrogens with two attached hydrogens (primary N) is 1. The van der Waals surface area contributed by atoms with Crippen molar-refractivity contribution in [2.45, 2.75) is 13.2 Å². The van der Waals surface area contributed by atoms with Gasteiger partial charge in [-0.3, -0.25) is 4.68 Å². The Bertz CT molecular complexity index is 484. The fraction of sp³-hybridized carbons (Fsp3) is 0.250. The first-order valence-corrected chi connectivity index (χ1v) is 6.14. The molecule has 0 unspecified atom stereocenters. The first kappa shape index (κ1) is 12.1. The summed E-state index contributed by atoms with van der Waals surface area (Å²) in [6, 6.07) is 8.03. The van der Waals surface area contributed by atoms with E-state index in [0.717, 1.165) is 10.0 Å². The second kappa shape index (κ2) is 5.84. The molecule has 1 aromatic carbocycles. The van der Waals surface area contributed by atoms with Gasteiger partial charge in [0.2, 0.25) is 0 Å². The van der Waals surface area contributed by atoms with Crippen molar-refractivity contribution in [3.8, 4) is 0 Å². The van der Waals surface area contributed by atoms with Crippen LogP contribution in [0.3, 0.4) is 0 Å². The molecule has 0 radical (unpaired) electrons. The molecule has 2 aromatic rings. The predicted molar refractivity (Wildman–Crippen MR) is 70.4 cm³/mol. The summed E-state index contributed by atoms with van der Waals surface area (Å²) in [5.74, 6) is 0. The van der Waals surface area contributed by atoms with Gasteiger partial charge in [0.1, 0.15) is 0 Å². The van der Waals surface area contributed by atoms with Crippen LogP contribution in [0.4, 0.5) is 5.69 Å². The monoisotopic (exact) mass is 295 g/mol. The smallest absolute Gasteiger partial charge is 0.0728 e. The molecular formula is C12H14BrN3O. The van der Waals surface area contributed by atoms with Gasteiger partial charge in [-0.2, -0.15) is 5.10 Å². The Hall–Kier alpha value is -1.33. The first-order valence-electron chi connectivity index (χ1n) is 5.35. The highest BCUT2D eigenvalue weighted by atomic mass is 79.9. The Morgan fingerprint density at radius 3 is 2.88 bits per heavy atom.